The third kappa shape index (κ3) is 3.04. The van der Waals surface area contributed by atoms with E-state index < -0.39 is 0 Å². The second-order valence-corrected chi connectivity index (χ2v) is 6.55. The Morgan fingerprint density at radius 3 is 2.86 bits per heavy atom. The highest BCUT2D eigenvalue weighted by molar-refractivity contribution is 7.98. The lowest BCUT2D eigenvalue weighted by molar-refractivity contribution is 0.0702. The molecular formula is C17H21N3OS. The summed E-state index contributed by atoms with van der Waals surface area (Å²) in [4.78, 5) is 15.9. The smallest absolute Gasteiger partial charge is 0.255 e. The van der Waals surface area contributed by atoms with Crippen molar-refractivity contribution in [3.63, 3.8) is 0 Å². The zero-order valence-electron chi connectivity index (χ0n) is 13.0. The minimum atomic E-state index is 0.144. The third-order valence-corrected chi connectivity index (χ3v) is 4.99. The molecule has 1 atom stereocenters. The Morgan fingerprint density at radius 1 is 1.32 bits per heavy atom. The van der Waals surface area contributed by atoms with E-state index in [0.717, 1.165) is 42.1 Å². The van der Waals surface area contributed by atoms with Crippen LogP contribution in [0.5, 0.6) is 0 Å². The first-order chi connectivity index (χ1) is 10.7. The summed E-state index contributed by atoms with van der Waals surface area (Å²) in [6, 6.07) is 9.92. The largest absolute Gasteiger partial charge is 0.338 e. The van der Waals surface area contributed by atoms with Crippen LogP contribution in [-0.4, -0.2) is 39.9 Å². The van der Waals surface area contributed by atoms with Crippen molar-refractivity contribution in [3.8, 4) is 0 Å². The first kappa shape index (κ1) is 15.2. The van der Waals surface area contributed by atoms with Gasteiger partial charge in [-0.2, -0.15) is 5.10 Å². The summed E-state index contributed by atoms with van der Waals surface area (Å²) in [7, 11) is 1.93. The van der Waals surface area contributed by atoms with E-state index in [-0.39, 0.29) is 5.91 Å². The van der Waals surface area contributed by atoms with Crippen LogP contribution in [0.2, 0.25) is 0 Å². The summed E-state index contributed by atoms with van der Waals surface area (Å²) < 4.78 is 1.83. The van der Waals surface area contributed by atoms with Crippen LogP contribution in [0.3, 0.4) is 0 Å². The number of benzene rings is 1. The molecule has 0 aliphatic carbocycles. The monoisotopic (exact) mass is 315 g/mol. The normalized spacial score (nSPS) is 18.5. The quantitative estimate of drug-likeness (QED) is 0.817. The summed E-state index contributed by atoms with van der Waals surface area (Å²) >= 11 is 1.63. The van der Waals surface area contributed by atoms with Gasteiger partial charge in [-0.05, 0) is 37.3 Å². The van der Waals surface area contributed by atoms with E-state index in [0.29, 0.717) is 5.92 Å². The molecule has 1 aliphatic rings. The molecule has 1 unspecified atom stereocenters. The fraction of sp³-hybridized carbons (Fsp3) is 0.412. The molecule has 4 nitrogen and oxygen atoms in total. The second kappa shape index (κ2) is 6.57. The number of rotatable bonds is 3. The average Bonchev–Trinajstić information content (AvgIpc) is 3.01. The van der Waals surface area contributed by atoms with Gasteiger partial charge in [0.15, 0.2) is 0 Å². The summed E-state index contributed by atoms with van der Waals surface area (Å²) in [6.07, 6.45) is 6.12. The molecule has 116 valence electrons. The molecule has 0 radical (unpaired) electrons. The first-order valence-corrected chi connectivity index (χ1v) is 8.83. The molecule has 2 heterocycles. The van der Waals surface area contributed by atoms with Crippen LogP contribution in [0.4, 0.5) is 0 Å². The number of piperidine rings is 1. The minimum Gasteiger partial charge on any atom is -0.338 e. The zero-order chi connectivity index (χ0) is 15.5. The summed E-state index contributed by atoms with van der Waals surface area (Å²) in [5, 5.41) is 4.51. The van der Waals surface area contributed by atoms with Crippen LogP contribution in [0, 0.1) is 0 Å². The summed E-state index contributed by atoms with van der Waals surface area (Å²) in [6.45, 7) is 1.60. The van der Waals surface area contributed by atoms with Gasteiger partial charge in [0.1, 0.15) is 0 Å². The van der Waals surface area contributed by atoms with Gasteiger partial charge < -0.3 is 4.90 Å². The molecule has 1 amide bonds. The van der Waals surface area contributed by atoms with Gasteiger partial charge >= 0.3 is 0 Å². The highest BCUT2D eigenvalue weighted by Crippen LogP contribution is 2.28. The number of likely N-dealkylation sites (tertiary alicyclic amines) is 1. The van der Waals surface area contributed by atoms with Crippen molar-refractivity contribution >= 4 is 17.7 Å². The number of hydrogen-bond donors (Lipinski definition) is 0. The van der Waals surface area contributed by atoms with Crippen LogP contribution in [0.15, 0.2) is 41.4 Å². The Morgan fingerprint density at radius 2 is 2.14 bits per heavy atom. The highest BCUT2D eigenvalue weighted by Gasteiger charge is 2.27. The maximum Gasteiger partial charge on any atom is 0.255 e. The Labute approximate surface area is 135 Å². The average molecular weight is 315 g/mol. The van der Waals surface area contributed by atoms with Gasteiger partial charge in [0.2, 0.25) is 0 Å². The molecule has 0 spiro atoms. The van der Waals surface area contributed by atoms with Crippen LogP contribution in [-0.2, 0) is 7.05 Å². The van der Waals surface area contributed by atoms with E-state index in [9.17, 15) is 4.79 Å². The topological polar surface area (TPSA) is 38.1 Å². The lowest BCUT2D eigenvalue weighted by Gasteiger charge is -2.32. The van der Waals surface area contributed by atoms with Gasteiger partial charge in [-0.3, -0.25) is 9.48 Å². The summed E-state index contributed by atoms with van der Waals surface area (Å²) in [5.74, 6) is 0.492. The van der Waals surface area contributed by atoms with Gasteiger partial charge in [0.05, 0.1) is 11.3 Å². The highest BCUT2D eigenvalue weighted by atomic mass is 32.2. The molecule has 1 fully saturated rings. The SMILES string of the molecule is CSc1ccccc1C(=O)N1CCCC(c2ccn(C)n2)C1. The lowest BCUT2D eigenvalue weighted by atomic mass is 9.94. The molecule has 3 rings (SSSR count). The Bertz CT molecular complexity index is 667. The Balaban J connectivity index is 1.78. The van der Waals surface area contributed by atoms with Gasteiger partial charge in [-0.1, -0.05) is 12.1 Å². The molecule has 0 N–H and O–H groups in total. The number of hydrogen-bond acceptors (Lipinski definition) is 3. The standard InChI is InChI=1S/C17H21N3OS/c1-19-11-9-15(18-19)13-6-5-10-20(12-13)17(21)14-7-3-4-8-16(14)22-2/h3-4,7-9,11,13H,5-6,10,12H2,1-2H3. The number of aryl methyl sites for hydroxylation is 1. The zero-order valence-corrected chi connectivity index (χ0v) is 13.8. The Hall–Kier alpha value is -1.75. The van der Waals surface area contributed by atoms with E-state index >= 15 is 0 Å². The van der Waals surface area contributed by atoms with Gasteiger partial charge in [0, 0.05) is 37.1 Å². The van der Waals surface area contributed by atoms with E-state index in [1.165, 1.54) is 0 Å². The van der Waals surface area contributed by atoms with E-state index in [2.05, 4.69) is 11.2 Å². The fourth-order valence-corrected chi connectivity index (χ4v) is 3.64. The molecule has 22 heavy (non-hydrogen) atoms. The molecule has 1 aromatic carbocycles. The number of thioether (sulfide) groups is 1. The van der Waals surface area contributed by atoms with Crippen molar-refractivity contribution in [3.05, 3.63) is 47.8 Å². The van der Waals surface area contributed by atoms with Crippen molar-refractivity contribution in [2.45, 2.75) is 23.7 Å². The minimum absolute atomic E-state index is 0.144. The predicted octanol–water partition coefficient (Wildman–Crippen LogP) is 3.16. The molecule has 1 aliphatic heterocycles. The fourth-order valence-electron chi connectivity index (χ4n) is 3.05. The van der Waals surface area contributed by atoms with Crippen LogP contribution in [0.25, 0.3) is 0 Å². The van der Waals surface area contributed by atoms with Gasteiger partial charge in [0.25, 0.3) is 5.91 Å². The molecular weight excluding hydrogens is 294 g/mol. The number of carbonyl (C=O) groups is 1. The maximum atomic E-state index is 12.8. The van der Waals surface area contributed by atoms with Crippen molar-refractivity contribution in [2.75, 3.05) is 19.3 Å². The number of nitrogens with zero attached hydrogens (tertiary/aromatic N) is 3. The van der Waals surface area contributed by atoms with Crippen molar-refractivity contribution in [1.29, 1.82) is 0 Å². The molecule has 2 aromatic rings. The predicted molar refractivity (Wildman–Crippen MR) is 89.3 cm³/mol. The molecule has 0 saturated carbocycles. The Kier molecular flexibility index (Phi) is 4.52. The van der Waals surface area contributed by atoms with Crippen LogP contribution < -0.4 is 0 Å². The third-order valence-electron chi connectivity index (χ3n) is 4.20. The molecule has 1 saturated heterocycles. The van der Waals surface area contributed by atoms with Crippen molar-refractivity contribution in [2.24, 2.45) is 7.05 Å². The number of carbonyl (C=O) groups excluding carboxylic acids is 1. The first-order valence-electron chi connectivity index (χ1n) is 7.61. The van der Waals surface area contributed by atoms with Crippen LogP contribution in [0.1, 0.15) is 34.8 Å². The van der Waals surface area contributed by atoms with E-state index in [4.69, 9.17) is 0 Å². The lowest BCUT2D eigenvalue weighted by Crippen LogP contribution is -2.39. The number of amides is 1. The molecule has 0 bridgehead atoms. The number of aromatic nitrogens is 2. The van der Waals surface area contributed by atoms with Gasteiger partial charge in [-0.15, -0.1) is 11.8 Å². The van der Waals surface area contributed by atoms with Gasteiger partial charge in [-0.25, -0.2) is 0 Å². The van der Waals surface area contributed by atoms with Crippen LogP contribution >= 0.6 is 11.8 Å². The molecule has 5 heteroatoms. The van der Waals surface area contributed by atoms with E-state index in [1.54, 1.807) is 11.8 Å². The van der Waals surface area contributed by atoms with Crippen molar-refractivity contribution in [1.82, 2.24) is 14.7 Å². The second-order valence-electron chi connectivity index (χ2n) is 5.70. The van der Waals surface area contributed by atoms with E-state index in [1.807, 2.05) is 53.3 Å². The molecule has 1 aromatic heterocycles. The summed E-state index contributed by atoms with van der Waals surface area (Å²) in [5.41, 5.74) is 1.91. The van der Waals surface area contributed by atoms with Crippen molar-refractivity contribution < 1.29 is 4.79 Å². The maximum absolute atomic E-state index is 12.8.